The van der Waals surface area contributed by atoms with Crippen molar-refractivity contribution in [2.24, 2.45) is 0 Å². The number of carbonyl (C=O) groups excluding carboxylic acids is 1. The van der Waals surface area contributed by atoms with Gasteiger partial charge in [0.05, 0.1) is 0 Å². The minimum absolute atomic E-state index is 0.0181. The van der Waals surface area contributed by atoms with Gasteiger partial charge >= 0.3 is 11.6 Å². The Morgan fingerprint density at radius 3 is 2.69 bits per heavy atom. The highest BCUT2D eigenvalue weighted by Gasteiger charge is 2.35. The molecule has 0 aromatic rings. The number of hydrogen-bond donors (Lipinski definition) is 2. The minimum atomic E-state index is -2.43. The van der Waals surface area contributed by atoms with Crippen molar-refractivity contribution in [3.05, 3.63) is 0 Å². The topological polar surface area (TPSA) is 52.6 Å². The van der Waals surface area contributed by atoms with E-state index in [0.29, 0.717) is 0 Å². The van der Waals surface area contributed by atoms with E-state index in [1.54, 1.807) is 0 Å². The van der Waals surface area contributed by atoms with Gasteiger partial charge in [-0.1, -0.05) is 43.9 Å². The number of hydrogen-bond acceptors (Lipinski definition) is 2. The summed E-state index contributed by atoms with van der Waals surface area (Å²) in [4.78, 5) is 23.1. The van der Waals surface area contributed by atoms with E-state index in [9.17, 15) is 9.59 Å². The van der Waals surface area contributed by atoms with Gasteiger partial charge in [-0.25, -0.2) is 4.79 Å². The van der Waals surface area contributed by atoms with Crippen LogP contribution in [0.3, 0.4) is 0 Å². The van der Waals surface area contributed by atoms with E-state index in [1.807, 2.05) is 4.90 Å². The van der Waals surface area contributed by atoms with Crippen molar-refractivity contribution in [1.29, 1.82) is 0 Å². The van der Waals surface area contributed by atoms with Crippen molar-refractivity contribution in [1.82, 2.24) is 10.2 Å². The first-order valence-corrected chi connectivity index (χ1v) is 12.1. The molecule has 1 atom stereocenters. The predicted octanol–water partition coefficient (Wildman–Crippen LogP) is 2.29. The van der Waals surface area contributed by atoms with Crippen LogP contribution in [0.25, 0.3) is 0 Å². The van der Waals surface area contributed by atoms with Gasteiger partial charge in [0.15, 0.2) is 0 Å². The number of halogens is 2. The summed E-state index contributed by atoms with van der Waals surface area (Å²) in [5.74, 6) is 0. The molecule has 1 unspecified atom stereocenters. The zero-order valence-electron chi connectivity index (χ0n) is 9.38. The second-order valence-electron chi connectivity index (χ2n) is 4.08. The summed E-state index contributed by atoms with van der Waals surface area (Å²) >= 11 is 6.73. The van der Waals surface area contributed by atoms with Crippen molar-refractivity contribution in [3.63, 3.8) is 0 Å². The van der Waals surface area contributed by atoms with Gasteiger partial charge in [0.25, 0.3) is 0 Å². The van der Waals surface area contributed by atoms with Crippen LogP contribution in [0.15, 0.2) is 0 Å². The molecule has 1 fully saturated rings. The maximum atomic E-state index is 11.3. The lowest BCUT2D eigenvalue weighted by molar-refractivity contribution is 0.216. The van der Waals surface area contributed by atoms with Crippen LogP contribution in [0.1, 0.15) is 26.2 Å². The van der Waals surface area contributed by atoms with E-state index in [0.717, 1.165) is 38.9 Å². The van der Waals surface area contributed by atoms with E-state index in [1.165, 1.54) is 0 Å². The highest BCUT2D eigenvalue weighted by Crippen LogP contribution is 2.37. The fourth-order valence-corrected chi connectivity index (χ4v) is 5.74. The summed E-state index contributed by atoms with van der Waals surface area (Å²) < 4.78 is 0. The fourth-order valence-electron chi connectivity index (χ4n) is 1.88. The molecule has 7 heteroatoms. The van der Waals surface area contributed by atoms with E-state index in [4.69, 9.17) is 0 Å². The van der Waals surface area contributed by atoms with Crippen LogP contribution in [-0.4, -0.2) is 40.9 Å². The van der Waals surface area contributed by atoms with Gasteiger partial charge in [0.1, 0.15) is 0 Å². The zero-order chi connectivity index (χ0) is 12.2. The van der Waals surface area contributed by atoms with Crippen LogP contribution in [0.2, 0.25) is 5.54 Å². The summed E-state index contributed by atoms with van der Waals surface area (Å²) in [5, 5.41) is 2.78. The van der Waals surface area contributed by atoms with E-state index in [-0.39, 0.29) is 11.6 Å². The molecule has 1 aliphatic heterocycles. The fraction of sp³-hybridized carbons (Fsp3) is 0.889. The molecule has 0 aromatic carbocycles. The molecular formula is C9H18Br2N2O2Si. The molecule has 0 radical (unpaired) electrons. The van der Waals surface area contributed by atoms with Crippen LogP contribution >= 0.6 is 30.6 Å². The average molecular weight is 374 g/mol. The van der Waals surface area contributed by atoms with Crippen molar-refractivity contribution in [2.45, 2.75) is 31.7 Å². The third-order valence-corrected chi connectivity index (χ3v) is 8.27. The number of urea groups is 1. The highest BCUT2D eigenvalue weighted by atomic mass is 79.9. The highest BCUT2D eigenvalue weighted by molar-refractivity contribution is 9.50. The van der Waals surface area contributed by atoms with Crippen LogP contribution in [-0.2, 0) is 0 Å². The molecule has 1 rings (SSSR count). The van der Waals surface area contributed by atoms with Crippen LogP contribution in [0.4, 0.5) is 4.79 Å². The minimum Gasteiger partial charge on any atom is -0.415 e. The average Bonchev–Trinajstić information content (AvgIpc) is 2.57. The Hall–Kier alpha value is 0.407. The maximum absolute atomic E-state index is 11.3. The molecular weight excluding hydrogens is 356 g/mol. The van der Waals surface area contributed by atoms with Gasteiger partial charge in [-0.2, -0.15) is 0 Å². The predicted molar refractivity (Wildman–Crippen MR) is 74.1 cm³/mol. The first-order valence-electron chi connectivity index (χ1n) is 5.58. The van der Waals surface area contributed by atoms with Crippen molar-refractivity contribution < 1.29 is 9.59 Å². The van der Waals surface area contributed by atoms with Crippen molar-refractivity contribution >= 4 is 42.2 Å². The number of nitrogens with one attached hydrogen (secondary N) is 1. The Kier molecular flexibility index (Phi) is 5.76. The van der Waals surface area contributed by atoms with Crippen LogP contribution < -0.4 is 5.32 Å². The number of rotatable bonds is 6. The Morgan fingerprint density at radius 1 is 1.56 bits per heavy atom. The Morgan fingerprint density at radius 2 is 2.25 bits per heavy atom. The zero-order valence-corrected chi connectivity index (χ0v) is 13.6. The summed E-state index contributed by atoms with van der Waals surface area (Å²) in [6.07, 6.45) is 2.87. The van der Waals surface area contributed by atoms with Crippen LogP contribution in [0.5, 0.6) is 0 Å². The molecule has 0 bridgehead atoms. The molecule has 94 valence electrons. The summed E-state index contributed by atoms with van der Waals surface area (Å²) in [6, 6.07) is 0.0181. The van der Waals surface area contributed by atoms with E-state index in [2.05, 4.69) is 42.8 Å². The molecule has 4 nitrogen and oxygen atoms in total. The second-order valence-corrected chi connectivity index (χ2v) is 16.5. The Balaban J connectivity index is 2.40. The van der Waals surface area contributed by atoms with Gasteiger partial charge in [0, 0.05) is 19.6 Å². The first-order chi connectivity index (χ1) is 7.45. The van der Waals surface area contributed by atoms with Gasteiger partial charge < -0.3 is 15.0 Å². The third kappa shape index (κ3) is 4.35. The van der Waals surface area contributed by atoms with Gasteiger partial charge in [-0.15, -0.1) is 0 Å². The molecule has 0 aromatic heterocycles. The summed E-state index contributed by atoms with van der Waals surface area (Å²) in [6.45, 7) is 4.35. The monoisotopic (exact) mass is 372 g/mol. The summed E-state index contributed by atoms with van der Waals surface area (Å²) in [7, 11) is 0. The lowest BCUT2D eigenvalue weighted by Gasteiger charge is -2.25. The summed E-state index contributed by atoms with van der Waals surface area (Å²) in [5.41, 5.74) is -2.19. The largest absolute Gasteiger partial charge is 0.415 e. The molecule has 2 amide bonds. The molecule has 0 spiro atoms. The second kappa shape index (κ2) is 6.37. The first kappa shape index (κ1) is 14.5. The lowest BCUT2D eigenvalue weighted by Crippen LogP contribution is -2.33. The van der Waals surface area contributed by atoms with Gasteiger partial charge in [0.2, 0.25) is 0 Å². The molecule has 0 saturated carbocycles. The van der Waals surface area contributed by atoms with E-state index >= 15 is 0 Å². The molecule has 2 N–H and O–H groups in total. The Labute approximate surface area is 113 Å². The quantitative estimate of drug-likeness (QED) is 0.554. The molecule has 16 heavy (non-hydrogen) atoms. The van der Waals surface area contributed by atoms with Crippen LogP contribution in [0, 0.1) is 0 Å². The number of carbonyl (C=O) groups is 1. The SMILES string of the molecule is CCCC(CCN1CCNC1=O)[Si](O)(Br)Br. The molecule has 1 saturated heterocycles. The standard InChI is InChI=1S/C9H18Br2N2O2Si/c1-2-3-8(16(10,11)15)4-6-13-7-5-12-9(13)14/h8,15H,2-7H2,1H3,(H,12,14). The van der Waals surface area contributed by atoms with Gasteiger partial charge in [-0.3, -0.25) is 0 Å². The molecule has 0 aliphatic carbocycles. The van der Waals surface area contributed by atoms with Gasteiger partial charge in [-0.05, 0) is 18.4 Å². The maximum Gasteiger partial charge on any atom is 0.336 e. The molecule has 1 heterocycles. The molecule has 1 aliphatic rings. The van der Waals surface area contributed by atoms with Crippen molar-refractivity contribution in [2.75, 3.05) is 19.6 Å². The number of nitrogens with zero attached hydrogens (tertiary/aromatic N) is 1. The third-order valence-electron chi connectivity index (χ3n) is 2.82. The van der Waals surface area contributed by atoms with E-state index < -0.39 is 5.56 Å². The smallest absolute Gasteiger partial charge is 0.336 e. The number of amides is 2. The van der Waals surface area contributed by atoms with Crippen molar-refractivity contribution in [3.8, 4) is 0 Å². The normalized spacial score (nSPS) is 18.8. The Bertz CT molecular complexity index is 248. The lowest BCUT2D eigenvalue weighted by atomic mass is 10.2.